The normalized spacial score (nSPS) is 9.57. The van der Waals surface area contributed by atoms with Gasteiger partial charge in [-0.25, -0.2) is 8.78 Å². The van der Waals surface area contributed by atoms with Gasteiger partial charge in [0.1, 0.15) is 5.82 Å². The van der Waals surface area contributed by atoms with E-state index in [1.807, 2.05) is 13.8 Å². The first-order chi connectivity index (χ1) is 9.99. The minimum Gasteiger partial charge on any atom is -0.502 e. The van der Waals surface area contributed by atoms with Gasteiger partial charge < -0.3 is 9.84 Å². The summed E-state index contributed by atoms with van der Waals surface area (Å²) in [6.07, 6.45) is 0. The van der Waals surface area contributed by atoms with E-state index in [0.717, 1.165) is 12.1 Å². The summed E-state index contributed by atoms with van der Waals surface area (Å²) >= 11 is 0. The largest absolute Gasteiger partial charge is 0.502 e. The maximum atomic E-state index is 13.4. The van der Waals surface area contributed by atoms with Gasteiger partial charge in [0.15, 0.2) is 17.3 Å². The molecule has 0 aliphatic heterocycles. The quantitative estimate of drug-likeness (QED) is 0.904. The van der Waals surface area contributed by atoms with E-state index in [-0.39, 0.29) is 11.5 Å². The zero-order valence-electron chi connectivity index (χ0n) is 12.0. The Labute approximate surface area is 121 Å². The lowest BCUT2D eigenvalue weighted by atomic mass is 10.3. The van der Waals surface area contributed by atoms with Crippen molar-refractivity contribution in [2.24, 2.45) is 0 Å². The fourth-order valence-electron chi connectivity index (χ4n) is 1.49. The lowest BCUT2D eigenvalue weighted by Gasteiger charge is -2.06. The molecule has 0 atom stereocenters. The van der Waals surface area contributed by atoms with E-state index >= 15 is 0 Å². The molecule has 2 aromatic rings. The summed E-state index contributed by atoms with van der Waals surface area (Å²) in [6, 6.07) is 7.06. The van der Waals surface area contributed by atoms with E-state index in [1.54, 1.807) is 0 Å². The number of aryl methyl sites for hydroxylation is 1. The highest BCUT2D eigenvalue weighted by atomic mass is 19.1. The van der Waals surface area contributed by atoms with Crippen LogP contribution in [0.15, 0.2) is 41.2 Å². The molecule has 0 saturated heterocycles. The Hall–Kier alpha value is -2.43. The Morgan fingerprint density at radius 1 is 1.05 bits per heavy atom. The molecular formula is C16H16F2O3. The van der Waals surface area contributed by atoms with E-state index in [1.165, 1.54) is 25.1 Å². The van der Waals surface area contributed by atoms with Gasteiger partial charge in [-0.1, -0.05) is 26.0 Å². The molecule has 0 unspecified atom stereocenters. The smallest absolute Gasteiger partial charge is 0.226 e. The van der Waals surface area contributed by atoms with Crippen LogP contribution in [0.2, 0.25) is 0 Å². The van der Waals surface area contributed by atoms with Gasteiger partial charge in [-0.3, -0.25) is 4.79 Å². The van der Waals surface area contributed by atoms with Crippen LogP contribution in [0.4, 0.5) is 8.78 Å². The predicted octanol–water partition coefficient (Wildman–Crippen LogP) is 4.16. The minimum atomic E-state index is -0.921. The van der Waals surface area contributed by atoms with Crippen LogP contribution in [0.3, 0.4) is 0 Å². The van der Waals surface area contributed by atoms with Gasteiger partial charge in [0.2, 0.25) is 11.2 Å². The monoisotopic (exact) mass is 294 g/mol. The van der Waals surface area contributed by atoms with Gasteiger partial charge in [0.05, 0.1) is 0 Å². The fourth-order valence-corrected chi connectivity index (χ4v) is 1.49. The number of aromatic hydroxyl groups is 1. The molecule has 21 heavy (non-hydrogen) atoms. The third-order valence-corrected chi connectivity index (χ3v) is 2.51. The van der Waals surface area contributed by atoms with Crippen LogP contribution in [0, 0.1) is 18.6 Å². The second-order valence-electron chi connectivity index (χ2n) is 3.93. The maximum Gasteiger partial charge on any atom is 0.226 e. The molecule has 5 heteroatoms. The van der Waals surface area contributed by atoms with Crippen molar-refractivity contribution in [3.8, 4) is 17.2 Å². The van der Waals surface area contributed by atoms with Crippen molar-refractivity contribution in [2.75, 3.05) is 0 Å². The summed E-state index contributed by atoms with van der Waals surface area (Å²) in [5.74, 6) is -2.75. The number of ether oxygens (including phenoxy) is 1. The van der Waals surface area contributed by atoms with Crippen molar-refractivity contribution in [1.82, 2.24) is 0 Å². The van der Waals surface area contributed by atoms with Crippen LogP contribution in [-0.2, 0) is 0 Å². The molecule has 0 aliphatic carbocycles. The molecule has 112 valence electrons. The zero-order chi connectivity index (χ0) is 16.0. The van der Waals surface area contributed by atoms with Crippen molar-refractivity contribution < 1.29 is 18.6 Å². The molecule has 2 aromatic carbocycles. The number of hydrogen-bond acceptors (Lipinski definition) is 3. The van der Waals surface area contributed by atoms with Crippen molar-refractivity contribution in [1.29, 1.82) is 0 Å². The zero-order valence-corrected chi connectivity index (χ0v) is 12.0. The predicted molar refractivity (Wildman–Crippen MR) is 76.9 cm³/mol. The van der Waals surface area contributed by atoms with Gasteiger partial charge in [-0.05, 0) is 25.1 Å². The standard InChI is InChI=1S/C14H10F2O3.C2H6/c1-8-3-2-4-12(14(18)13(8)17)19-11-6-5-9(15)7-10(11)16;1-2/h2-7H,1H3,(H,17,18);1-2H3. The Balaban J connectivity index is 0.00000106. The highest BCUT2D eigenvalue weighted by Gasteiger charge is 2.11. The van der Waals surface area contributed by atoms with Crippen LogP contribution in [0.5, 0.6) is 17.2 Å². The van der Waals surface area contributed by atoms with Crippen molar-refractivity contribution in [3.63, 3.8) is 0 Å². The van der Waals surface area contributed by atoms with E-state index in [4.69, 9.17) is 4.74 Å². The van der Waals surface area contributed by atoms with Crippen LogP contribution in [0.1, 0.15) is 19.4 Å². The second-order valence-corrected chi connectivity index (χ2v) is 3.93. The molecule has 1 N–H and O–H groups in total. The summed E-state index contributed by atoms with van der Waals surface area (Å²) in [7, 11) is 0. The molecule has 0 aromatic heterocycles. The summed E-state index contributed by atoms with van der Waals surface area (Å²) in [5, 5.41) is 9.71. The lowest BCUT2D eigenvalue weighted by Crippen LogP contribution is -2.01. The van der Waals surface area contributed by atoms with Crippen LogP contribution < -0.4 is 10.2 Å². The Kier molecular flexibility index (Phi) is 5.84. The SMILES string of the molecule is CC.Cc1cccc(Oc2ccc(F)cc2F)c(O)c1=O. The second kappa shape index (κ2) is 7.38. The van der Waals surface area contributed by atoms with E-state index < -0.39 is 22.8 Å². The fraction of sp³-hybridized carbons (Fsp3) is 0.188. The molecule has 0 bridgehead atoms. The van der Waals surface area contributed by atoms with Crippen molar-refractivity contribution in [3.05, 3.63) is 63.8 Å². The summed E-state index contributed by atoms with van der Waals surface area (Å²) in [4.78, 5) is 11.6. The molecule has 0 heterocycles. The number of rotatable bonds is 2. The minimum absolute atomic E-state index is 0.191. The topological polar surface area (TPSA) is 46.5 Å². The van der Waals surface area contributed by atoms with Crippen LogP contribution >= 0.6 is 0 Å². The summed E-state index contributed by atoms with van der Waals surface area (Å²) in [6.45, 7) is 5.53. The van der Waals surface area contributed by atoms with Crippen molar-refractivity contribution >= 4 is 0 Å². The highest BCUT2D eigenvalue weighted by Crippen LogP contribution is 2.29. The first kappa shape index (κ1) is 16.6. The Bertz CT molecular complexity index is 685. The van der Waals surface area contributed by atoms with Crippen LogP contribution in [0.25, 0.3) is 0 Å². The summed E-state index contributed by atoms with van der Waals surface area (Å²) < 4.78 is 31.3. The lowest BCUT2D eigenvalue weighted by molar-refractivity contribution is 0.392. The van der Waals surface area contributed by atoms with Gasteiger partial charge >= 0.3 is 0 Å². The van der Waals surface area contributed by atoms with Gasteiger partial charge in [0.25, 0.3) is 0 Å². The molecule has 3 nitrogen and oxygen atoms in total. The third kappa shape index (κ3) is 4.02. The van der Waals surface area contributed by atoms with Gasteiger partial charge in [-0.2, -0.15) is 0 Å². The van der Waals surface area contributed by atoms with Crippen molar-refractivity contribution in [2.45, 2.75) is 20.8 Å². The number of hydrogen-bond donors (Lipinski definition) is 1. The Morgan fingerprint density at radius 3 is 2.33 bits per heavy atom. The first-order valence-electron chi connectivity index (χ1n) is 6.45. The summed E-state index contributed by atoms with van der Waals surface area (Å²) in [5.41, 5.74) is -0.283. The molecule has 0 saturated carbocycles. The van der Waals surface area contributed by atoms with Crippen LogP contribution in [-0.4, -0.2) is 5.11 Å². The molecule has 0 radical (unpaired) electrons. The third-order valence-electron chi connectivity index (χ3n) is 2.51. The molecule has 0 fully saturated rings. The van der Waals surface area contributed by atoms with Gasteiger partial charge in [0, 0.05) is 11.6 Å². The first-order valence-corrected chi connectivity index (χ1v) is 6.45. The van der Waals surface area contributed by atoms with E-state index in [9.17, 15) is 18.7 Å². The van der Waals surface area contributed by atoms with Gasteiger partial charge in [-0.15, -0.1) is 0 Å². The Morgan fingerprint density at radius 2 is 1.71 bits per heavy atom. The molecule has 2 rings (SSSR count). The van der Waals surface area contributed by atoms with E-state index in [2.05, 4.69) is 0 Å². The number of benzene rings is 1. The van der Waals surface area contributed by atoms with E-state index in [0.29, 0.717) is 11.6 Å². The molecule has 0 spiro atoms. The molecular weight excluding hydrogens is 278 g/mol. The average Bonchev–Trinajstić information content (AvgIpc) is 2.59. The maximum absolute atomic E-state index is 13.4. The molecule has 0 aliphatic rings. The molecule has 0 amide bonds. The number of halogens is 2. The highest BCUT2D eigenvalue weighted by molar-refractivity contribution is 5.42. The average molecular weight is 294 g/mol.